The first-order valence-corrected chi connectivity index (χ1v) is 8.30. The number of nitrogens with one attached hydrogen (secondary N) is 1. The summed E-state index contributed by atoms with van der Waals surface area (Å²) in [6, 6.07) is 5.11. The van der Waals surface area contributed by atoms with Crippen molar-refractivity contribution in [3.05, 3.63) is 53.8 Å². The average molecular weight is 373 g/mol. The zero-order valence-corrected chi connectivity index (χ0v) is 12.8. The quantitative estimate of drug-likeness (QED) is 0.500. The summed E-state index contributed by atoms with van der Waals surface area (Å²) in [7, 11) is -9.85. The van der Waals surface area contributed by atoms with Gasteiger partial charge in [-0.15, -0.1) is 12.6 Å². The lowest BCUT2D eigenvalue weighted by Gasteiger charge is -2.40. The molecule has 0 saturated heterocycles. The Morgan fingerprint density at radius 2 is 1.65 bits per heavy atom. The lowest BCUT2D eigenvalue weighted by Crippen LogP contribution is -2.14. The third kappa shape index (κ3) is 4.35. The van der Waals surface area contributed by atoms with Crippen molar-refractivity contribution in [1.29, 1.82) is 0 Å². The molecule has 0 saturated carbocycles. The molecule has 0 bridgehead atoms. The molecule has 0 aromatic heterocycles. The summed E-state index contributed by atoms with van der Waals surface area (Å²) in [6.45, 7) is 0. The van der Waals surface area contributed by atoms with Crippen LogP contribution in [0.4, 0.5) is 29.5 Å². The number of hydrogen-bond acceptors (Lipinski definition) is 2. The van der Waals surface area contributed by atoms with Crippen LogP contribution >= 0.6 is 22.9 Å². The molecule has 0 aliphatic rings. The second-order valence-electron chi connectivity index (χ2n) is 4.61. The number of halogens is 6. The summed E-state index contributed by atoms with van der Waals surface area (Å²) in [6.07, 6.45) is 0. The van der Waals surface area contributed by atoms with Crippen LogP contribution in [0, 0.1) is 5.82 Å². The lowest BCUT2D eigenvalue weighted by molar-refractivity contribution is 0.102. The summed E-state index contributed by atoms with van der Waals surface area (Å²) in [4.78, 5) is 9.87. The molecule has 2 rings (SSSR count). The van der Waals surface area contributed by atoms with Gasteiger partial charge in [0.05, 0.1) is 5.56 Å². The molecule has 2 aromatic rings. The topological polar surface area (TPSA) is 29.1 Å². The Bertz CT molecular complexity index is 791. The number of carbonyl (C=O) groups is 1. The fraction of sp³-hybridized carbons (Fsp3) is 0. The van der Waals surface area contributed by atoms with E-state index in [0.717, 1.165) is 24.3 Å². The van der Waals surface area contributed by atoms with Gasteiger partial charge in [-0.05, 0) is 36.4 Å². The highest BCUT2D eigenvalue weighted by Crippen LogP contribution is 3.02. The predicted molar refractivity (Wildman–Crippen MR) is 79.4 cm³/mol. The number of hydrogen-bond donors (Lipinski definition) is 2. The molecule has 10 heteroatoms. The lowest BCUT2D eigenvalue weighted by atomic mass is 10.2. The SMILES string of the molecule is O=C(Nc1cccc(S(F)(F)(F)(F)F)c1)c1cc(F)ccc1S. The van der Waals surface area contributed by atoms with E-state index in [1.165, 1.54) is 6.07 Å². The second kappa shape index (κ2) is 4.84. The molecule has 1 N–H and O–H groups in total. The van der Waals surface area contributed by atoms with Gasteiger partial charge in [0.15, 0.2) is 0 Å². The number of benzene rings is 2. The van der Waals surface area contributed by atoms with E-state index in [9.17, 15) is 28.6 Å². The van der Waals surface area contributed by atoms with E-state index in [4.69, 9.17) is 0 Å². The molecular weight excluding hydrogens is 364 g/mol. The van der Waals surface area contributed by atoms with Crippen LogP contribution in [-0.4, -0.2) is 5.91 Å². The van der Waals surface area contributed by atoms with Crippen molar-refractivity contribution in [1.82, 2.24) is 0 Å². The minimum absolute atomic E-state index is 0.0766. The van der Waals surface area contributed by atoms with Crippen molar-refractivity contribution in [3.63, 3.8) is 0 Å². The molecule has 0 unspecified atom stereocenters. The van der Waals surface area contributed by atoms with Gasteiger partial charge >= 0.3 is 10.2 Å². The van der Waals surface area contributed by atoms with Crippen LogP contribution in [-0.2, 0) is 0 Å². The maximum Gasteiger partial charge on any atom is 0.310 e. The molecule has 0 radical (unpaired) electrons. The fourth-order valence-electron chi connectivity index (χ4n) is 1.70. The molecule has 0 aliphatic heterocycles. The molecule has 2 nitrogen and oxygen atoms in total. The van der Waals surface area contributed by atoms with Crippen LogP contribution in [0.2, 0.25) is 0 Å². The fourth-order valence-corrected chi connectivity index (χ4v) is 2.63. The smallest absolute Gasteiger partial charge is 0.310 e. The monoisotopic (exact) mass is 373 g/mol. The maximum atomic E-state index is 13.1. The van der Waals surface area contributed by atoms with Crippen molar-refractivity contribution in [2.75, 3.05) is 5.32 Å². The molecule has 2 aromatic carbocycles. The van der Waals surface area contributed by atoms with Gasteiger partial charge in [-0.1, -0.05) is 25.5 Å². The first kappa shape index (κ1) is 17.5. The summed E-state index contributed by atoms with van der Waals surface area (Å²) in [5.74, 6) is -1.73. The Kier molecular flexibility index (Phi) is 3.69. The number of anilines is 1. The van der Waals surface area contributed by atoms with E-state index < -0.39 is 32.5 Å². The van der Waals surface area contributed by atoms with Crippen LogP contribution in [0.1, 0.15) is 10.4 Å². The summed E-state index contributed by atoms with van der Waals surface area (Å²) >= 11 is 3.92. The average Bonchev–Trinajstić information content (AvgIpc) is 2.39. The molecule has 1 amide bonds. The van der Waals surface area contributed by atoms with Crippen LogP contribution < -0.4 is 5.32 Å². The minimum Gasteiger partial charge on any atom is -0.322 e. The van der Waals surface area contributed by atoms with Crippen LogP contribution in [0.5, 0.6) is 0 Å². The Morgan fingerprint density at radius 3 is 2.26 bits per heavy atom. The molecule has 126 valence electrons. The Morgan fingerprint density at radius 1 is 1.00 bits per heavy atom. The van der Waals surface area contributed by atoms with Gasteiger partial charge < -0.3 is 5.32 Å². The van der Waals surface area contributed by atoms with E-state index in [2.05, 4.69) is 12.6 Å². The predicted octanol–water partition coefficient (Wildman–Crippen LogP) is 6.02. The number of amides is 1. The van der Waals surface area contributed by atoms with Crippen molar-refractivity contribution >= 4 is 34.4 Å². The number of thiol groups is 1. The molecule has 23 heavy (non-hydrogen) atoms. The highest BCUT2D eigenvalue weighted by Gasteiger charge is 2.65. The van der Waals surface area contributed by atoms with E-state index in [1.807, 2.05) is 5.32 Å². The zero-order valence-electron chi connectivity index (χ0n) is 11.1. The van der Waals surface area contributed by atoms with Gasteiger partial charge in [0.2, 0.25) is 0 Å². The number of rotatable bonds is 3. The van der Waals surface area contributed by atoms with Crippen LogP contribution in [0.25, 0.3) is 0 Å². The largest absolute Gasteiger partial charge is 0.322 e. The van der Waals surface area contributed by atoms with Gasteiger partial charge in [0, 0.05) is 10.6 Å². The standard InChI is InChI=1S/C13H9F6NOS2/c14-8-4-5-12(22)11(6-8)13(21)20-9-2-1-3-10(7-9)23(15,16,17,18)19/h1-7,22H,(H,20,21). The molecule has 0 fully saturated rings. The van der Waals surface area contributed by atoms with Crippen molar-refractivity contribution in [2.45, 2.75) is 9.79 Å². The molecule has 0 aliphatic carbocycles. The first-order valence-electron chi connectivity index (χ1n) is 5.90. The highest BCUT2D eigenvalue weighted by atomic mass is 32.5. The zero-order chi connectivity index (χ0) is 17.5. The van der Waals surface area contributed by atoms with Crippen molar-refractivity contribution in [3.8, 4) is 0 Å². The van der Waals surface area contributed by atoms with Gasteiger partial charge in [-0.2, -0.15) is 0 Å². The second-order valence-corrected chi connectivity index (χ2v) is 7.50. The Hall–Kier alpha value is -1.81. The van der Waals surface area contributed by atoms with Crippen molar-refractivity contribution in [2.24, 2.45) is 0 Å². The molecule has 0 heterocycles. The molecule has 0 spiro atoms. The van der Waals surface area contributed by atoms with E-state index in [1.54, 1.807) is 0 Å². The normalized spacial score (nSPS) is 14.7. The highest BCUT2D eigenvalue weighted by molar-refractivity contribution is 8.45. The van der Waals surface area contributed by atoms with Gasteiger partial charge in [0.25, 0.3) is 5.91 Å². The third-order valence-electron chi connectivity index (χ3n) is 2.74. The Balaban J connectivity index is 2.35. The minimum atomic E-state index is -9.85. The first-order chi connectivity index (χ1) is 10.3. The van der Waals surface area contributed by atoms with E-state index in [0.29, 0.717) is 0 Å². The summed E-state index contributed by atoms with van der Waals surface area (Å²) in [5.41, 5.74) is -0.746. The summed E-state index contributed by atoms with van der Waals surface area (Å²) in [5, 5.41) is 2.00. The molecular formula is C13H9F6NOS2. The van der Waals surface area contributed by atoms with Gasteiger partial charge in [-0.25, -0.2) is 4.39 Å². The van der Waals surface area contributed by atoms with Crippen molar-refractivity contribution < 1.29 is 28.6 Å². The van der Waals surface area contributed by atoms with E-state index in [-0.39, 0.29) is 22.6 Å². The van der Waals surface area contributed by atoms with Gasteiger partial charge in [-0.3, -0.25) is 4.79 Å². The Labute approximate surface area is 132 Å². The van der Waals surface area contributed by atoms with E-state index >= 15 is 0 Å². The molecule has 0 atom stereocenters. The number of carbonyl (C=O) groups excluding carboxylic acids is 1. The maximum absolute atomic E-state index is 13.1. The van der Waals surface area contributed by atoms with Crippen LogP contribution in [0.3, 0.4) is 0 Å². The van der Waals surface area contributed by atoms with Crippen LogP contribution in [0.15, 0.2) is 52.3 Å². The van der Waals surface area contributed by atoms with Gasteiger partial charge in [0.1, 0.15) is 10.7 Å². The third-order valence-corrected chi connectivity index (χ3v) is 4.28. The summed E-state index contributed by atoms with van der Waals surface area (Å²) < 4.78 is 76.8.